The molecule has 0 bridgehead atoms. The highest BCUT2D eigenvalue weighted by Gasteiger charge is 2.24. The number of halogens is 1. The van der Waals surface area contributed by atoms with E-state index in [9.17, 15) is 5.11 Å². The lowest BCUT2D eigenvalue weighted by atomic mass is 10.2. The first-order valence-corrected chi connectivity index (χ1v) is 5.85. The molecule has 0 aliphatic carbocycles. The fourth-order valence-electron chi connectivity index (χ4n) is 1.55. The molecule has 4 heteroatoms. The number of hydrogen-bond donors (Lipinski definition) is 1. The third kappa shape index (κ3) is 3.54. The van der Waals surface area contributed by atoms with Gasteiger partial charge in [0.25, 0.3) is 0 Å². The van der Waals surface area contributed by atoms with Gasteiger partial charge in [-0.25, -0.2) is 0 Å². The minimum absolute atomic E-state index is 0.271. The van der Waals surface area contributed by atoms with E-state index in [4.69, 9.17) is 4.74 Å². The predicted octanol–water partition coefficient (Wildman–Crippen LogP) is 0.851. The van der Waals surface area contributed by atoms with Crippen LogP contribution in [0.25, 0.3) is 0 Å². The van der Waals surface area contributed by atoms with Crippen LogP contribution in [-0.4, -0.2) is 53.3 Å². The van der Waals surface area contributed by atoms with E-state index in [1.807, 2.05) is 0 Å². The van der Waals surface area contributed by atoms with Crippen molar-refractivity contribution in [1.29, 1.82) is 0 Å². The highest BCUT2D eigenvalue weighted by atomic mass is 79.9. The van der Waals surface area contributed by atoms with Crippen molar-refractivity contribution in [2.24, 2.45) is 0 Å². The molecule has 1 N–H and O–H groups in total. The Morgan fingerprint density at radius 2 is 2.31 bits per heavy atom. The van der Waals surface area contributed by atoms with Crippen molar-refractivity contribution in [3.63, 3.8) is 0 Å². The number of aliphatic hydroxyl groups is 1. The van der Waals surface area contributed by atoms with Crippen molar-refractivity contribution in [2.75, 3.05) is 25.0 Å². The molecule has 3 atom stereocenters. The van der Waals surface area contributed by atoms with Crippen LogP contribution in [0.15, 0.2) is 0 Å². The average Bonchev–Trinajstić information content (AvgIpc) is 2.11. The number of alkyl halides is 1. The molecule has 0 aromatic rings. The minimum Gasteiger partial charge on any atom is -0.391 e. The van der Waals surface area contributed by atoms with Gasteiger partial charge in [-0.15, -0.1) is 0 Å². The summed E-state index contributed by atoms with van der Waals surface area (Å²) < 4.78 is 5.50. The van der Waals surface area contributed by atoms with E-state index in [1.165, 1.54) is 0 Å². The Morgan fingerprint density at radius 3 is 2.92 bits per heavy atom. The lowest BCUT2D eigenvalue weighted by Gasteiger charge is -2.37. The van der Waals surface area contributed by atoms with E-state index < -0.39 is 0 Å². The second-order valence-corrected chi connectivity index (χ2v) is 4.40. The van der Waals surface area contributed by atoms with Crippen LogP contribution >= 0.6 is 15.9 Å². The van der Waals surface area contributed by atoms with E-state index in [2.05, 4.69) is 34.7 Å². The molecule has 0 aromatic carbocycles. The van der Waals surface area contributed by atoms with Crippen LogP contribution in [0, 0.1) is 0 Å². The molecule has 0 spiro atoms. The Hall–Kier alpha value is 0.360. The number of nitrogens with zero attached hydrogens (tertiary/aromatic N) is 1. The van der Waals surface area contributed by atoms with Crippen molar-refractivity contribution in [3.8, 4) is 0 Å². The first-order valence-electron chi connectivity index (χ1n) is 4.73. The van der Waals surface area contributed by atoms with Crippen LogP contribution in [0.3, 0.4) is 0 Å². The molecule has 1 fully saturated rings. The molecular weight excluding hydrogens is 234 g/mol. The zero-order valence-corrected chi connectivity index (χ0v) is 9.83. The molecule has 0 radical (unpaired) electrons. The number of morpholine rings is 1. The minimum atomic E-state index is -0.271. The summed E-state index contributed by atoms with van der Waals surface area (Å²) in [5, 5.41) is 10.1. The largest absolute Gasteiger partial charge is 0.391 e. The number of aliphatic hydroxyl groups excluding tert-OH is 1. The van der Waals surface area contributed by atoms with E-state index in [0.29, 0.717) is 17.5 Å². The highest BCUT2D eigenvalue weighted by Crippen LogP contribution is 2.11. The van der Waals surface area contributed by atoms with Crippen LogP contribution in [0.4, 0.5) is 0 Å². The molecule has 13 heavy (non-hydrogen) atoms. The fraction of sp³-hybridized carbons (Fsp3) is 1.00. The Kier molecular flexibility index (Phi) is 4.66. The standard InChI is InChI=1S/C9H18BrNO2/c1-7-6-13-8(2)4-11(7)5-9(12)3-10/h7-9,12H,3-6H2,1-2H3. The summed E-state index contributed by atoms with van der Waals surface area (Å²) in [5.74, 6) is 0. The van der Waals surface area contributed by atoms with Gasteiger partial charge in [0.05, 0.1) is 18.8 Å². The Labute approximate surface area is 88.2 Å². The number of β-amino-alcohol motifs (C(OH)–C–C–N with tert-alkyl or cyclic N) is 1. The predicted molar refractivity (Wildman–Crippen MR) is 56.2 cm³/mol. The molecule has 3 unspecified atom stereocenters. The summed E-state index contributed by atoms with van der Waals surface area (Å²) in [6, 6.07) is 0.421. The zero-order valence-electron chi connectivity index (χ0n) is 8.24. The first-order chi connectivity index (χ1) is 6.13. The Bertz CT molecular complexity index is 157. The van der Waals surface area contributed by atoms with Gasteiger partial charge in [-0.05, 0) is 13.8 Å². The first kappa shape index (κ1) is 11.4. The van der Waals surface area contributed by atoms with Crippen LogP contribution in [0.1, 0.15) is 13.8 Å². The molecule has 0 saturated carbocycles. The molecule has 0 amide bonds. The normalized spacial score (nSPS) is 33.2. The Morgan fingerprint density at radius 1 is 1.62 bits per heavy atom. The van der Waals surface area contributed by atoms with E-state index >= 15 is 0 Å². The summed E-state index contributed by atoms with van der Waals surface area (Å²) in [7, 11) is 0. The molecule has 1 heterocycles. The smallest absolute Gasteiger partial charge is 0.0763 e. The molecule has 3 nitrogen and oxygen atoms in total. The van der Waals surface area contributed by atoms with Gasteiger partial charge in [0.2, 0.25) is 0 Å². The summed E-state index contributed by atoms with van der Waals surface area (Å²) in [5.41, 5.74) is 0. The molecule has 1 saturated heterocycles. The monoisotopic (exact) mass is 251 g/mol. The second kappa shape index (κ2) is 5.29. The number of rotatable bonds is 3. The molecule has 78 valence electrons. The van der Waals surface area contributed by atoms with Crippen LogP contribution in [-0.2, 0) is 4.74 Å². The van der Waals surface area contributed by atoms with Gasteiger partial charge in [0, 0.05) is 24.5 Å². The average molecular weight is 252 g/mol. The van der Waals surface area contributed by atoms with Crippen LogP contribution in [0.5, 0.6) is 0 Å². The number of ether oxygens (including phenoxy) is 1. The lowest BCUT2D eigenvalue weighted by Crippen LogP contribution is -2.50. The van der Waals surface area contributed by atoms with Crippen molar-refractivity contribution in [1.82, 2.24) is 4.90 Å². The SMILES string of the molecule is CC1CN(CC(O)CBr)C(C)CO1. The van der Waals surface area contributed by atoms with Gasteiger partial charge < -0.3 is 9.84 Å². The topological polar surface area (TPSA) is 32.7 Å². The maximum absolute atomic E-state index is 9.48. The molecule has 1 rings (SSSR count). The lowest BCUT2D eigenvalue weighted by molar-refractivity contribution is -0.0595. The fourth-order valence-corrected chi connectivity index (χ4v) is 1.75. The Balaban J connectivity index is 2.37. The van der Waals surface area contributed by atoms with Crippen LogP contribution < -0.4 is 0 Å². The molecule has 1 aliphatic heterocycles. The van der Waals surface area contributed by atoms with Gasteiger partial charge in [0.1, 0.15) is 0 Å². The summed E-state index contributed by atoms with van der Waals surface area (Å²) >= 11 is 3.27. The van der Waals surface area contributed by atoms with Gasteiger partial charge in [-0.2, -0.15) is 0 Å². The molecule has 0 aromatic heterocycles. The van der Waals surface area contributed by atoms with Gasteiger partial charge in [-0.3, -0.25) is 4.90 Å². The summed E-state index contributed by atoms with van der Waals surface area (Å²) in [6.45, 7) is 6.63. The van der Waals surface area contributed by atoms with Gasteiger partial charge in [0.15, 0.2) is 0 Å². The third-order valence-electron chi connectivity index (χ3n) is 2.36. The van der Waals surface area contributed by atoms with Crippen molar-refractivity contribution >= 4 is 15.9 Å². The highest BCUT2D eigenvalue weighted by molar-refractivity contribution is 9.09. The van der Waals surface area contributed by atoms with E-state index in [-0.39, 0.29) is 6.10 Å². The molecule has 1 aliphatic rings. The zero-order chi connectivity index (χ0) is 9.84. The van der Waals surface area contributed by atoms with Crippen LogP contribution in [0.2, 0.25) is 0 Å². The molecular formula is C9H18BrNO2. The quantitative estimate of drug-likeness (QED) is 0.756. The van der Waals surface area contributed by atoms with Crippen molar-refractivity contribution < 1.29 is 9.84 Å². The van der Waals surface area contributed by atoms with E-state index in [0.717, 1.165) is 19.7 Å². The summed E-state index contributed by atoms with van der Waals surface area (Å²) in [6.07, 6.45) is 0.0199. The van der Waals surface area contributed by atoms with E-state index in [1.54, 1.807) is 0 Å². The van der Waals surface area contributed by atoms with Gasteiger partial charge in [-0.1, -0.05) is 15.9 Å². The number of hydrogen-bond acceptors (Lipinski definition) is 3. The van der Waals surface area contributed by atoms with Crippen molar-refractivity contribution in [3.05, 3.63) is 0 Å². The summed E-state index contributed by atoms with van der Waals surface area (Å²) in [4.78, 5) is 2.28. The van der Waals surface area contributed by atoms with Crippen molar-refractivity contribution in [2.45, 2.75) is 32.1 Å². The third-order valence-corrected chi connectivity index (χ3v) is 3.11. The maximum atomic E-state index is 9.48. The van der Waals surface area contributed by atoms with Gasteiger partial charge >= 0.3 is 0 Å². The maximum Gasteiger partial charge on any atom is 0.0763 e. The second-order valence-electron chi connectivity index (χ2n) is 3.76.